The van der Waals surface area contributed by atoms with Crippen molar-refractivity contribution in [2.45, 2.75) is 13.8 Å². The maximum absolute atomic E-state index is 3.82. The first kappa shape index (κ1) is 8.28. The van der Waals surface area contributed by atoms with Crippen molar-refractivity contribution in [3.63, 3.8) is 0 Å². The molecule has 0 aliphatic rings. The van der Waals surface area contributed by atoms with Crippen molar-refractivity contribution >= 4 is 21.5 Å². The van der Waals surface area contributed by atoms with Gasteiger partial charge in [-0.1, -0.05) is 30.0 Å². The minimum Gasteiger partial charge on any atom is -0.0985 e. The zero-order valence-electron chi connectivity index (χ0n) is 7.44. The highest BCUT2D eigenvalue weighted by molar-refractivity contribution is 6.34. The quantitative estimate of drug-likeness (QED) is 0.539. The second kappa shape index (κ2) is 3.05. The van der Waals surface area contributed by atoms with Crippen LogP contribution in [0.3, 0.4) is 0 Å². The van der Waals surface area contributed by atoms with Gasteiger partial charge in [-0.3, -0.25) is 0 Å². The summed E-state index contributed by atoms with van der Waals surface area (Å²) in [7, 11) is 1.11. The molecule has 0 aromatic heterocycles. The van der Waals surface area contributed by atoms with Crippen molar-refractivity contribution in [3.8, 4) is 0 Å². The topological polar surface area (TPSA) is 0 Å². The van der Waals surface area contributed by atoms with Crippen molar-refractivity contribution in [2.24, 2.45) is 0 Å². The van der Waals surface area contributed by atoms with Gasteiger partial charge in [-0.2, -0.15) is 0 Å². The van der Waals surface area contributed by atoms with Crippen LogP contribution in [-0.2, 0) is 0 Å². The third-order valence-electron chi connectivity index (χ3n) is 2.21. The summed E-state index contributed by atoms with van der Waals surface area (Å²) in [5.74, 6) is 0. The Kier molecular flexibility index (Phi) is 2.30. The van der Waals surface area contributed by atoms with Gasteiger partial charge in [0.2, 0.25) is 0 Å². The first-order chi connectivity index (χ1) is 5.16. The summed E-state index contributed by atoms with van der Waals surface area (Å²) in [6.07, 6.45) is 1.96. The van der Waals surface area contributed by atoms with Gasteiger partial charge < -0.3 is 0 Å². The predicted octanol–water partition coefficient (Wildman–Crippen LogP) is 0.937. The molecule has 1 aromatic carbocycles. The van der Waals surface area contributed by atoms with E-state index >= 15 is 0 Å². The van der Waals surface area contributed by atoms with E-state index in [4.69, 9.17) is 0 Å². The largest absolute Gasteiger partial charge is 0.0985 e. The summed E-state index contributed by atoms with van der Waals surface area (Å²) in [6.45, 7) is 8.12. The Hall–Kier alpha value is -0.823. The van der Waals surface area contributed by atoms with Crippen LogP contribution in [0.4, 0.5) is 0 Å². The van der Waals surface area contributed by atoms with Gasteiger partial charge in [-0.15, -0.1) is 0 Å². The van der Waals surface area contributed by atoms with E-state index in [2.05, 4.69) is 32.6 Å². The van der Waals surface area contributed by atoms with Crippen LogP contribution >= 0.6 is 0 Å². The number of benzene rings is 1. The fourth-order valence-corrected chi connectivity index (χ4v) is 2.03. The monoisotopic (exact) mass is 162 g/mol. The van der Waals surface area contributed by atoms with Gasteiger partial charge in [0.05, 0.1) is 0 Å². The number of hydrogen-bond donors (Lipinski definition) is 0. The summed E-state index contributed by atoms with van der Waals surface area (Å²) in [6, 6.07) is 4.39. The zero-order chi connectivity index (χ0) is 8.43. The maximum atomic E-state index is 3.82. The predicted molar refractivity (Wildman–Crippen MR) is 55.6 cm³/mol. The van der Waals surface area contributed by atoms with Gasteiger partial charge >= 0.3 is 0 Å². The van der Waals surface area contributed by atoms with Gasteiger partial charge in [0.25, 0.3) is 0 Å². The molecule has 0 unspecified atom stereocenters. The van der Waals surface area contributed by atoms with Gasteiger partial charge in [0, 0.05) is 10.2 Å². The summed E-state index contributed by atoms with van der Waals surface area (Å²) in [5, 5.41) is 1.45. The molecule has 0 radical (unpaired) electrons. The van der Waals surface area contributed by atoms with Gasteiger partial charge in [0.15, 0.2) is 0 Å². The molecule has 1 heteroatoms. The lowest BCUT2D eigenvalue weighted by atomic mass is 10.0. The number of rotatable bonds is 1. The van der Waals surface area contributed by atoms with Crippen molar-refractivity contribution in [1.29, 1.82) is 0 Å². The Balaban J connectivity index is 3.40. The standard InChI is InChI=1S/C10H14Si/c1-4-9-8(3)7(2)5-6-10(9)11/h4-6H,1H2,2-3,11H3. The van der Waals surface area contributed by atoms with Crippen LogP contribution in [0.25, 0.3) is 6.08 Å². The molecule has 0 spiro atoms. The van der Waals surface area contributed by atoms with E-state index in [-0.39, 0.29) is 0 Å². The molecule has 0 saturated carbocycles. The Morgan fingerprint density at radius 2 is 2.00 bits per heavy atom. The van der Waals surface area contributed by atoms with Crippen LogP contribution in [0.1, 0.15) is 16.7 Å². The zero-order valence-corrected chi connectivity index (χ0v) is 9.44. The molecule has 0 nitrogen and oxygen atoms in total. The minimum absolute atomic E-state index is 1.11. The van der Waals surface area contributed by atoms with Crippen LogP contribution in [0.5, 0.6) is 0 Å². The average Bonchev–Trinajstić information content (AvgIpc) is 1.99. The molecule has 1 rings (SSSR count). The van der Waals surface area contributed by atoms with Gasteiger partial charge in [-0.25, -0.2) is 0 Å². The summed E-state index contributed by atoms with van der Waals surface area (Å²) in [5.41, 5.74) is 4.09. The molecule has 11 heavy (non-hydrogen) atoms. The highest BCUT2D eigenvalue weighted by Gasteiger charge is 1.99. The maximum Gasteiger partial charge on any atom is 0.0392 e. The molecule has 58 valence electrons. The molecule has 0 aliphatic carbocycles. The second-order valence-electron chi connectivity index (χ2n) is 2.94. The number of aryl methyl sites for hydroxylation is 1. The molecule has 1 aromatic rings. The van der Waals surface area contributed by atoms with E-state index in [1.54, 1.807) is 0 Å². The lowest BCUT2D eigenvalue weighted by Gasteiger charge is -2.07. The average molecular weight is 162 g/mol. The van der Waals surface area contributed by atoms with Crippen molar-refractivity contribution in [2.75, 3.05) is 0 Å². The third kappa shape index (κ3) is 1.43. The fraction of sp³-hybridized carbons (Fsp3) is 0.200. The SMILES string of the molecule is C=Cc1c([SiH3])ccc(C)c1C. The molecule has 0 saturated heterocycles. The Bertz CT molecular complexity index is 287. The van der Waals surface area contributed by atoms with Crippen LogP contribution in [0.2, 0.25) is 0 Å². The lowest BCUT2D eigenvalue weighted by Crippen LogP contribution is -2.09. The Labute approximate surface area is 71.4 Å². The lowest BCUT2D eigenvalue weighted by molar-refractivity contribution is 1.34. The van der Waals surface area contributed by atoms with E-state index < -0.39 is 0 Å². The normalized spacial score (nSPS) is 10.0. The number of hydrogen-bond acceptors (Lipinski definition) is 0. The van der Waals surface area contributed by atoms with Crippen LogP contribution in [-0.4, -0.2) is 10.2 Å². The molecule has 0 amide bonds. The molecule has 0 N–H and O–H groups in total. The Morgan fingerprint density at radius 3 is 2.45 bits per heavy atom. The smallest absolute Gasteiger partial charge is 0.0392 e. The van der Waals surface area contributed by atoms with Crippen molar-refractivity contribution < 1.29 is 0 Å². The van der Waals surface area contributed by atoms with Crippen LogP contribution in [0.15, 0.2) is 18.7 Å². The molecule has 0 aliphatic heterocycles. The molecule has 0 bridgehead atoms. The molecule has 0 heterocycles. The van der Waals surface area contributed by atoms with Gasteiger partial charge in [0.1, 0.15) is 0 Å². The van der Waals surface area contributed by atoms with Crippen molar-refractivity contribution in [3.05, 3.63) is 35.4 Å². The first-order valence-corrected chi connectivity index (χ1v) is 4.86. The summed E-state index contributed by atoms with van der Waals surface area (Å²) in [4.78, 5) is 0. The van der Waals surface area contributed by atoms with E-state index in [1.165, 1.54) is 21.9 Å². The molecular formula is C10H14Si. The van der Waals surface area contributed by atoms with Crippen molar-refractivity contribution in [1.82, 2.24) is 0 Å². The third-order valence-corrected chi connectivity index (χ3v) is 3.08. The fourth-order valence-electron chi connectivity index (χ4n) is 1.29. The van der Waals surface area contributed by atoms with E-state index in [0.29, 0.717) is 0 Å². The molecular weight excluding hydrogens is 148 g/mol. The highest BCUT2D eigenvalue weighted by atomic mass is 28.1. The Morgan fingerprint density at radius 1 is 1.36 bits per heavy atom. The summed E-state index contributed by atoms with van der Waals surface area (Å²) < 4.78 is 0. The molecule has 0 atom stereocenters. The van der Waals surface area contributed by atoms with Gasteiger partial charge in [-0.05, 0) is 30.5 Å². The highest BCUT2D eigenvalue weighted by Crippen LogP contribution is 2.10. The summed E-state index contributed by atoms with van der Waals surface area (Å²) >= 11 is 0. The van der Waals surface area contributed by atoms with Crippen LogP contribution < -0.4 is 5.19 Å². The van der Waals surface area contributed by atoms with E-state index in [1.807, 2.05) is 6.08 Å². The van der Waals surface area contributed by atoms with E-state index in [0.717, 1.165) is 10.2 Å². The minimum atomic E-state index is 1.11. The molecule has 0 fully saturated rings. The first-order valence-electron chi connectivity index (χ1n) is 3.86. The van der Waals surface area contributed by atoms with Crippen LogP contribution in [0, 0.1) is 13.8 Å². The van der Waals surface area contributed by atoms with E-state index in [9.17, 15) is 0 Å². The second-order valence-corrected chi connectivity index (χ2v) is 4.02.